The Balaban J connectivity index is 1.50. The van der Waals surface area contributed by atoms with E-state index in [9.17, 15) is 0 Å². The second kappa shape index (κ2) is 7.44. The lowest BCUT2D eigenvalue weighted by atomic mass is 10.1. The highest BCUT2D eigenvalue weighted by molar-refractivity contribution is 6.05. The largest absolute Gasteiger partial charge is 0.432 e. The molecule has 1 aromatic carbocycles. The highest BCUT2D eigenvalue weighted by Gasteiger charge is 2.22. The molecule has 0 radical (unpaired) electrons. The Kier molecular flexibility index (Phi) is 4.50. The lowest BCUT2D eigenvalue weighted by Gasteiger charge is -2.27. The summed E-state index contributed by atoms with van der Waals surface area (Å²) >= 11 is 0. The minimum absolute atomic E-state index is 0.586. The van der Waals surface area contributed by atoms with E-state index in [1.807, 2.05) is 18.2 Å². The second-order valence-electron chi connectivity index (χ2n) is 6.77. The smallest absolute Gasteiger partial charge is 0.229 e. The third-order valence-electron chi connectivity index (χ3n) is 4.92. The lowest BCUT2D eigenvalue weighted by molar-refractivity contribution is 0.122. The molecule has 0 spiro atoms. The summed E-state index contributed by atoms with van der Waals surface area (Å²) in [5, 5.41) is 4.28. The molecule has 1 N–H and O–H groups in total. The second-order valence-corrected chi connectivity index (χ2v) is 6.77. The van der Waals surface area contributed by atoms with E-state index in [4.69, 9.17) is 19.1 Å². The maximum Gasteiger partial charge on any atom is 0.229 e. The van der Waals surface area contributed by atoms with Gasteiger partial charge in [0.05, 0.1) is 18.6 Å². The van der Waals surface area contributed by atoms with Gasteiger partial charge in [0.15, 0.2) is 11.4 Å². The van der Waals surface area contributed by atoms with Crippen LogP contribution in [-0.4, -0.2) is 47.8 Å². The fourth-order valence-electron chi connectivity index (χ4n) is 3.50. The Bertz CT molecular complexity index is 1090. The third-order valence-corrected chi connectivity index (χ3v) is 4.92. The number of rotatable bonds is 5. The van der Waals surface area contributed by atoms with Gasteiger partial charge in [-0.3, -0.25) is 0 Å². The van der Waals surface area contributed by atoms with Gasteiger partial charge in [0, 0.05) is 25.8 Å². The van der Waals surface area contributed by atoms with Crippen LogP contribution in [0.2, 0.25) is 0 Å². The van der Waals surface area contributed by atoms with Crippen LogP contribution in [0.5, 0.6) is 0 Å². The Morgan fingerprint density at radius 3 is 2.71 bits per heavy atom. The van der Waals surface area contributed by atoms with E-state index >= 15 is 0 Å². The summed E-state index contributed by atoms with van der Waals surface area (Å²) in [6.07, 6.45) is 2.63. The number of fused-ring (bicyclic) bond motifs is 3. The first kappa shape index (κ1) is 16.9. The van der Waals surface area contributed by atoms with Crippen molar-refractivity contribution in [2.75, 3.05) is 43.1 Å². The minimum atomic E-state index is 0.586. The summed E-state index contributed by atoms with van der Waals surface area (Å²) < 4.78 is 11.5. The van der Waals surface area contributed by atoms with Crippen LogP contribution < -0.4 is 10.2 Å². The van der Waals surface area contributed by atoms with Crippen LogP contribution in [0.4, 0.5) is 11.8 Å². The average molecular weight is 375 g/mol. The van der Waals surface area contributed by atoms with E-state index in [1.165, 1.54) is 5.56 Å². The number of aromatic nitrogens is 3. The molecule has 1 saturated heterocycles. The van der Waals surface area contributed by atoms with Crippen LogP contribution in [0.25, 0.3) is 22.2 Å². The summed E-state index contributed by atoms with van der Waals surface area (Å²) in [5.74, 6) is 1.41. The molecule has 142 valence electrons. The molecule has 7 heteroatoms. The third kappa shape index (κ3) is 3.25. The molecular weight excluding hydrogens is 354 g/mol. The Morgan fingerprint density at radius 2 is 1.86 bits per heavy atom. The van der Waals surface area contributed by atoms with Crippen LogP contribution in [0.15, 0.2) is 53.1 Å². The molecule has 0 aliphatic carbocycles. The zero-order valence-electron chi connectivity index (χ0n) is 15.5. The van der Waals surface area contributed by atoms with Crippen molar-refractivity contribution in [3.63, 3.8) is 0 Å². The SMILES string of the molecule is c1ccc(CCNc2nc(N3CCOCC3)c3oc4ncccc4c3n2)cc1. The predicted molar refractivity (Wildman–Crippen MR) is 109 cm³/mol. The van der Waals surface area contributed by atoms with Crippen molar-refractivity contribution in [2.24, 2.45) is 0 Å². The molecule has 1 aliphatic rings. The van der Waals surface area contributed by atoms with Gasteiger partial charge in [-0.15, -0.1) is 0 Å². The molecular formula is C21H21N5O2. The van der Waals surface area contributed by atoms with Gasteiger partial charge in [-0.1, -0.05) is 30.3 Å². The van der Waals surface area contributed by atoms with Gasteiger partial charge in [-0.05, 0) is 24.1 Å². The van der Waals surface area contributed by atoms with Gasteiger partial charge < -0.3 is 19.4 Å². The number of nitrogens with zero attached hydrogens (tertiary/aromatic N) is 4. The molecule has 0 amide bonds. The van der Waals surface area contributed by atoms with Gasteiger partial charge in [0.25, 0.3) is 0 Å². The zero-order valence-corrected chi connectivity index (χ0v) is 15.5. The van der Waals surface area contributed by atoms with E-state index in [0.717, 1.165) is 42.8 Å². The quantitative estimate of drug-likeness (QED) is 0.574. The Labute approximate surface area is 162 Å². The summed E-state index contributed by atoms with van der Waals surface area (Å²) in [4.78, 5) is 16.0. The van der Waals surface area contributed by atoms with Crippen molar-refractivity contribution >= 4 is 34.0 Å². The summed E-state index contributed by atoms with van der Waals surface area (Å²) in [6, 6.07) is 14.3. The molecule has 1 aliphatic heterocycles. The summed E-state index contributed by atoms with van der Waals surface area (Å²) in [5.41, 5.74) is 3.34. The van der Waals surface area contributed by atoms with E-state index in [0.29, 0.717) is 30.5 Å². The van der Waals surface area contributed by atoms with E-state index in [-0.39, 0.29) is 0 Å². The van der Waals surface area contributed by atoms with E-state index < -0.39 is 0 Å². The summed E-state index contributed by atoms with van der Waals surface area (Å²) in [7, 11) is 0. The fraction of sp³-hybridized carbons (Fsp3) is 0.286. The number of furan rings is 1. The highest BCUT2D eigenvalue weighted by atomic mass is 16.5. The number of anilines is 2. The maximum absolute atomic E-state index is 6.02. The number of hydrogen-bond donors (Lipinski definition) is 1. The first-order valence-corrected chi connectivity index (χ1v) is 9.54. The van der Waals surface area contributed by atoms with Crippen LogP contribution in [-0.2, 0) is 11.2 Å². The molecule has 4 aromatic rings. The standard InChI is InChI=1S/C21H21N5O2/c1-2-5-15(6-3-1)8-10-23-21-24-17-16-7-4-9-22-20(16)28-18(17)19(25-21)26-11-13-27-14-12-26/h1-7,9H,8,10-14H2,(H,23,24,25). The van der Waals surface area contributed by atoms with Crippen LogP contribution in [0.3, 0.4) is 0 Å². The molecule has 1 fully saturated rings. The van der Waals surface area contributed by atoms with Crippen molar-refractivity contribution in [3.8, 4) is 0 Å². The molecule has 3 aromatic heterocycles. The summed E-state index contributed by atoms with van der Waals surface area (Å²) in [6.45, 7) is 3.67. The molecule has 0 bridgehead atoms. The van der Waals surface area contributed by atoms with Crippen molar-refractivity contribution in [1.82, 2.24) is 15.0 Å². The number of ether oxygens (including phenoxy) is 1. The molecule has 4 heterocycles. The van der Waals surface area contributed by atoms with Crippen LogP contribution in [0.1, 0.15) is 5.56 Å². The van der Waals surface area contributed by atoms with E-state index in [2.05, 4.69) is 39.5 Å². The van der Waals surface area contributed by atoms with Crippen molar-refractivity contribution in [2.45, 2.75) is 6.42 Å². The molecule has 0 unspecified atom stereocenters. The van der Waals surface area contributed by atoms with Crippen molar-refractivity contribution < 1.29 is 9.15 Å². The average Bonchev–Trinajstić information content (AvgIpc) is 3.13. The normalized spacial score (nSPS) is 14.6. The predicted octanol–water partition coefficient (Wildman–Crippen LogP) is 3.26. The first-order chi connectivity index (χ1) is 13.9. The topological polar surface area (TPSA) is 76.3 Å². The zero-order chi connectivity index (χ0) is 18.8. The first-order valence-electron chi connectivity index (χ1n) is 9.54. The Morgan fingerprint density at radius 1 is 1.00 bits per heavy atom. The molecule has 7 nitrogen and oxygen atoms in total. The highest BCUT2D eigenvalue weighted by Crippen LogP contribution is 2.33. The van der Waals surface area contributed by atoms with Gasteiger partial charge in [-0.2, -0.15) is 4.98 Å². The molecule has 28 heavy (non-hydrogen) atoms. The van der Waals surface area contributed by atoms with Gasteiger partial charge in [0.2, 0.25) is 11.7 Å². The van der Waals surface area contributed by atoms with Crippen molar-refractivity contribution in [1.29, 1.82) is 0 Å². The van der Waals surface area contributed by atoms with Gasteiger partial charge >= 0.3 is 0 Å². The number of hydrogen-bond acceptors (Lipinski definition) is 7. The number of benzene rings is 1. The Hall–Kier alpha value is -3.19. The number of pyridine rings is 1. The van der Waals surface area contributed by atoms with Crippen LogP contribution >= 0.6 is 0 Å². The fourth-order valence-corrected chi connectivity index (χ4v) is 3.50. The maximum atomic E-state index is 6.02. The van der Waals surface area contributed by atoms with Crippen LogP contribution in [0, 0.1) is 0 Å². The lowest BCUT2D eigenvalue weighted by Crippen LogP contribution is -2.37. The van der Waals surface area contributed by atoms with E-state index in [1.54, 1.807) is 6.20 Å². The number of morpholine rings is 1. The molecule has 0 atom stereocenters. The number of nitrogens with one attached hydrogen (secondary N) is 1. The minimum Gasteiger partial charge on any atom is -0.432 e. The van der Waals surface area contributed by atoms with Crippen molar-refractivity contribution in [3.05, 3.63) is 54.2 Å². The molecule has 5 rings (SSSR count). The monoisotopic (exact) mass is 375 g/mol. The van der Waals surface area contributed by atoms with Gasteiger partial charge in [-0.25, -0.2) is 9.97 Å². The van der Waals surface area contributed by atoms with Gasteiger partial charge in [0.1, 0.15) is 5.52 Å². The molecule has 0 saturated carbocycles.